The Bertz CT molecular complexity index is 472. The van der Waals surface area contributed by atoms with E-state index in [0.29, 0.717) is 13.0 Å². The molecular formula is C18H28N2O2S. The van der Waals surface area contributed by atoms with E-state index in [2.05, 4.69) is 11.8 Å². The summed E-state index contributed by atoms with van der Waals surface area (Å²) in [6, 6.07) is 0. The summed E-state index contributed by atoms with van der Waals surface area (Å²) >= 11 is 1.38. The minimum atomic E-state index is 0.149. The molecule has 1 aliphatic heterocycles. The third-order valence-electron chi connectivity index (χ3n) is 6.64. The lowest BCUT2D eigenvalue weighted by atomic mass is 9.52. The Morgan fingerprint density at radius 1 is 1.22 bits per heavy atom. The molecule has 4 saturated carbocycles. The molecule has 0 aromatic rings. The molecule has 5 heteroatoms. The average molecular weight is 337 g/mol. The summed E-state index contributed by atoms with van der Waals surface area (Å²) in [6.45, 7) is 4.37. The van der Waals surface area contributed by atoms with Gasteiger partial charge in [-0.05, 0) is 63.2 Å². The lowest BCUT2D eigenvalue weighted by Gasteiger charge is -2.60. The van der Waals surface area contributed by atoms with E-state index in [-0.39, 0.29) is 16.7 Å². The number of hydrogen-bond donors (Lipinski definition) is 0. The number of nitrogens with zero attached hydrogens (tertiary/aromatic N) is 2. The molecule has 0 atom stereocenters. The number of rotatable bonds is 5. The molecule has 1 saturated heterocycles. The fourth-order valence-electron chi connectivity index (χ4n) is 6.17. The second-order valence-corrected chi connectivity index (χ2v) is 9.18. The molecule has 0 aromatic heterocycles. The minimum absolute atomic E-state index is 0.149. The van der Waals surface area contributed by atoms with E-state index in [4.69, 9.17) is 0 Å². The molecular weight excluding hydrogens is 308 g/mol. The topological polar surface area (TPSA) is 40.6 Å². The first-order chi connectivity index (χ1) is 11.1. The van der Waals surface area contributed by atoms with Crippen LogP contribution in [0.5, 0.6) is 0 Å². The standard InChI is InChI=1S/C18H28N2O2S/c1-2-20(16(21)3-4-19-5-6-23-17(19)22)18-10-13-7-14(11-18)9-15(8-13)12-18/h13-15H,2-12H2,1H3. The van der Waals surface area contributed by atoms with Crippen molar-refractivity contribution in [1.29, 1.82) is 0 Å². The van der Waals surface area contributed by atoms with E-state index in [1.54, 1.807) is 0 Å². The predicted octanol–water partition coefficient (Wildman–Crippen LogP) is 3.36. The monoisotopic (exact) mass is 336 g/mol. The second kappa shape index (κ2) is 5.98. The molecule has 4 aliphatic carbocycles. The van der Waals surface area contributed by atoms with Gasteiger partial charge in [-0.15, -0.1) is 0 Å². The third-order valence-corrected chi connectivity index (χ3v) is 7.53. The van der Waals surface area contributed by atoms with E-state index < -0.39 is 0 Å². The summed E-state index contributed by atoms with van der Waals surface area (Å²) in [5.41, 5.74) is 0.157. The van der Waals surface area contributed by atoms with Gasteiger partial charge in [-0.2, -0.15) is 0 Å². The van der Waals surface area contributed by atoms with Crippen LogP contribution in [0.25, 0.3) is 0 Å². The van der Waals surface area contributed by atoms with E-state index in [1.807, 2.05) is 4.90 Å². The van der Waals surface area contributed by atoms with Crippen LogP contribution in [-0.4, -0.2) is 51.9 Å². The van der Waals surface area contributed by atoms with Gasteiger partial charge in [-0.3, -0.25) is 9.59 Å². The Morgan fingerprint density at radius 2 is 1.83 bits per heavy atom. The molecule has 5 aliphatic rings. The molecule has 0 N–H and O–H groups in total. The molecule has 0 spiro atoms. The molecule has 2 amide bonds. The van der Waals surface area contributed by atoms with Gasteiger partial charge in [0, 0.05) is 37.3 Å². The van der Waals surface area contributed by atoms with Crippen molar-refractivity contribution in [2.75, 3.05) is 25.4 Å². The van der Waals surface area contributed by atoms with E-state index >= 15 is 0 Å². The number of carbonyl (C=O) groups excluding carboxylic acids is 2. The first-order valence-corrected chi connectivity index (χ1v) is 10.3. The fraction of sp³-hybridized carbons (Fsp3) is 0.889. The molecule has 4 nitrogen and oxygen atoms in total. The van der Waals surface area contributed by atoms with Crippen LogP contribution in [0, 0.1) is 17.8 Å². The molecule has 128 valence electrons. The van der Waals surface area contributed by atoms with Gasteiger partial charge in [0.25, 0.3) is 5.24 Å². The predicted molar refractivity (Wildman–Crippen MR) is 92.3 cm³/mol. The van der Waals surface area contributed by atoms with Gasteiger partial charge in [0.05, 0.1) is 0 Å². The molecule has 5 fully saturated rings. The lowest BCUT2D eigenvalue weighted by Crippen LogP contribution is -2.61. The quantitative estimate of drug-likeness (QED) is 0.773. The Labute approximate surface area is 143 Å². The van der Waals surface area contributed by atoms with Crippen LogP contribution >= 0.6 is 11.8 Å². The van der Waals surface area contributed by atoms with Crippen LogP contribution in [0.4, 0.5) is 4.79 Å². The highest BCUT2D eigenvalue weighted by atomic mass is 32.2. The first-order valence-electron chi connectivity index (χ1n) is 9.32. The highest BCUT2D eigenvalue weighted by molar-refractivity contribution is 8.13. The van der Waals surface area contributed by atoms with Crippen LogP contribution < -0.4 is 0 Å². The van der Waals surface area contributed by atoms with Crippen molar-refractivity contribution >= 4 is 22.9 Å². The van der Waals surface area contributed by atoms with E-state index in [0.717, 1.165) is 36.6 Å². The SMILES string of the molecule is CCN(C(=O)CCN1CCSC1=O)C12CC3CC(CC(C3)C1)C2. The van der Waals surface area contributed by atoms with Gasteiger partial charge >= 0.3 is 0 Å². The van der Waals surface area contributed by atoms with Crippen LogP contribution in [0.3, 0.4) is 0 Å². The minimum Gasteiger partial charge on any atom is -0.337 e. The van der Waals surface area contributed by atoms with Crippen LogP contribution in [0.1, 0.15) is 51.9 Å². The first kappa shape index (κ1) is 15.8. The van der Waals surface area contributed by atoms with Crippen molar-refractivity contribution < 1.29 is 9.59 Å². The van der Waals surface area contributed by atoms with Gasteiger partial charge in [0.15, 0.2) is 0 Å². The van der Waals surface area contributed by atoms with Gasteiger partial charge in [0.1, 0.15) is 0 Å². The number of amides is 2. The zero-order chi connectivity index (χ0) is 16.0. The zero-order valence-corrected chi connectivity index (χ0v) is 14.9. The van der Waals surface area contributed by atoms with Crippen molar-refractivity contribution in [1.82, 2.24) is 9.80 Å². The average Bonchev–Trinajstić information content (AvgIpc) is 2.89. The van der Waals surface area contributed by atoms with Crippen LogP contribution in [0.2, 0.25) is 0 Å². The Hall–Kier alpha value is -0.710. The summed E-state index contributed by atoms with van der Waals surface area (Å²) in [7, 11) is 0. The normalized spacial score (nSPS) is 38.4. The molecule has 23 heavy (non-hydrogen) atoms. The largest absolute Gasteiger partial charge is 0.337 e. The van der Waals surface area contributed by atoms with Crippen molar-refractivity contribution in [2.24, 2.45) is 17.8 Å². The highest BCUT2D eigenvalue weighted by Gasteiger charge is 2.54. The maximum absolute atomic E-state index is 12.9. The van der Waals surface area contributed by atoms with Crippen LogP contribution in [0.15, 0.2) is 0 Å². The Kier molecular flexibility index (Phi) is 4.11. The zero-order valence-electron chi connectivity index (χ0n) is 14.1. The van der Waals surface area contributed by atoms with Crippen molar-refractivity contribution in [3.63, 3.8) is 0 Å². The molecule has 5 rings (SSSR count). The molecule has 0 aromatic carbocycles. The van der Waals surface area contributed by atoms with E-state index in [9.17, 15) is 9.59 Å². The summed E-state index contributed by atoms with van der Waals surface area (Å²) in [4.78, 5) is 28.7. The molecule has 4 bridgehead atoms. The van der Waals surface area contributed by atoms with Gasteiger partial charge in [0.2, 0.25) is 5.91 Å². The number of carbonyl (C=O) groups is 2. The Morgan fingerprint density at radius 3 is 2.30 bits per heavy atom. The van der Waals surface area contributed by atoms with Crippen molar-refractivity contribution in [2.45, 2.75) is 57.4 Å². The lowest BCUT2D eigenvalue weighted by molar-refractivity contribution is -0.150. The van der Waals surface area contributed by atoms with Gasteiger partial charge in [-0.1, -0.05) is 11.8 Å². The Balaban J connectivity index is 1.43. The summed E-state index contributed by atoms with van der Waals surface area (Å²) in [5, 5.41) is 0.149. The van der Waals surface area contributed by atoms with Crippen molar-refractivity contribution in [3.05, 3.63) is 0 Å². The number of thioether (sulfide) groups is 1. The smallest absolute Gasteiger partial charge is 0.281 e. The summed E-state index contributed by atoms with van der Waals surface area (Å²) in [5.74, 6) is 3.73. The molecule has 0 unspecified atom stereocenters. The summed E-state index contributed by atoms with van der Waals surface area (Å²) < 4.78 is 0. The molecule has 1 heterocycles. The maximum Gasteiger partial charge on any atom is 0.281 e. The molecule has 0 radical (unpaired) electrons. The second-order valence-electron chi connectivity index (χ2n) is 8.13. The third kappa shape index (κ3) is 2.79. The van der Waals surface area contributed by atoms with Gasteiger partial charge in [-0.25, -0.2) is 0 Å². The van der Waals surface area contributed by atoms with Gasteiger partial charge < -0.3 is 9.80 Å². The van der Waals surface area contributed by atoms with E-state index in [1.165, 1.54) is 50.3 Å². The summed E-state index contributed by atoms with van der Waals surface area (Å²) in [6.07, 6.45) is 8.42. The van der Waals surface area contributed by atoms with Crippen LogP contribution in [-0.2, 0) is 4.79 Å². The number of hydrogen-bond acceptors (Lipinski definition) is 3. The fourth-order valence-corrected chi connectivity index (χ4v) is 7.02. The highest BCUT2D eigenvalue weighted by Crippen LogP contribution is 2.57. The maximum atomic E-state index is 12.9. The van der Waals surface area contributed by atoms with Crippen molar-refractivity contribution in [3.8, 4) is 0 Å².